The number of nitrogens with zero attached hydrogens (tertiary/aromatic N) is 4. The van der Waals surface area contributed by atoms with Crippen LogP contribution in [0, 0.1) is 0 Å². The van der Waals surface area contributed by atoms with E-state index >= 15 is 0 Å². The molecule has 146 valence electrons. The Balaban J connectivity index is 1.53. The molecule has 0 unspecified atom stereocenters. The van der Waals surface area contributed by atoms with Gasteiger partial charge in [0, 0.05) is 52.1 Å². The second-order valence-electron chi connectivity index (χ2n) is 6.96. The Morgan fingerprint density at radius 3 is 2.42 bits per heavy atom. The van der Waals surface area contributed by atoms with Crippen molar-refractivity contribution in [3.63, 3.8) is 0 Å². The number of hydrogen-bond donors (Lipinski definition) is 0. The predicted molar refractivity (Wildman–Crippen MR) is 94.4 cm³/mol. The number of aromatic nitrogens is 1. The topological polar surface area (TPSA) is 31.8 Å². The second-order valence-corrected chi connectivity index (χ2v) is 6.96. The van der Waals surface area contributed by atoms with Gasteiger partial charge >= 0.3 is 6.18 Å². The molecule has 1 aromatic heterocycles. The van der Waals surface area contributed by atoms with Crippen LogP contribution in [0.25, 0.3) is 0 Å². The van der Waals surface area contributed by atoms with Crippen LogP contribution in [0.5, 0.6) is 0 Å². The Kier molecular flexibility index (Phi) is 6.37. The molecule has 0 aromatic carbocycles. The Bertz CT molecular complexity index is 568. The van der Waals surface area contributed by atoms with Gasteiger partial charge in [0.2, 0.25) is 0 Å². The van der Waals surface area contributed by atoms with Crippen LogP contribution in [0.4, 0.5) is 19.0 Å². The van der Waals surface area contributed by atoms with Crippen molar-refractivity contribution in [3.8, 4) is 0 Å². The molecule has 0 spiro atoms. The summed E-state index contributed by atoms with van der Waals surface area (Å²) in [5, 5.41) is 0. The summed E-state index contributed by atoms with van der Waals surface area (Å²) < 4.78 is 44.7. The van der Waals surface area contributed by atoms with Crippen LogP contribution in [-0.4, -0.2) is 80.4 Å². The van der Waals surface area contributed by atoms with E-state index in [-0.39, 0.29) is 5.82 Å². The molecule has 3 heterocycles. The van der Waals surface area contributed by atoms with E-state index < -0.39 is 11.7 Å². The van der Waals surface area contributed by atoms with Gasteiger partial charge in [-0.25, -0.2) is 4.98 Å². The fraction of sp³-hybridized carbons (Fsp3) is 0.722. The summed E-state index contributed by atoms with van der Waals surface area (Å²) in [7, 11) is 1.72. The van der Waals surface area contributed by atoms with Gasteiger partial charge in [-0.2, -0.15) is 13.2 Å². The lowest BCUT2D eigenvalue weighted by molar-refractivity contribution is -0.137. The first-order valence-corrected chi connectivity index (χ1v) is 9.21. The van der Waals surface area contributed by atoms with E-state index in [1.807, 2.05) is 0 Å². The Hall–Kier alpha value is -1.38. The number of ether oxygens (including phenoxy) is 1. The lowest BCUT2D eigenvalue weighted by Crippen LogP contribution is -2.53. The van der Waals surface area contributed by atoms with Gasteiger partial charge in [0.1, 0.15) is 5.82 Å². The molecule has 2 aliphatic rings. The highest BCUT2D eigenvalue weighted by Crippen LogP contribution is 2.35. The van der Waals surface area contributed by atoms with Crippen molar-refractivity contribution >= 4 is 5.82 Å². The molecule has 5 nitrogen and oxygen atoms in total. The lowest BCUT2D eigenvalue weighted by Gasteiger charge is -2.43. The fourth-order valence-corrected chi connectivity index (χ4v) is 3.90. The van der Waals surface area contributed by atoms with Crippen molar-refractivity contribution < 1.29 is 17.9 Å². The van der Waals surface area contributed by atoms with Crippen LogP contribution in [0.1, 0.15) is 18.4 Å². The van der Waals surface area contributed by atoms with Crippen molar-refractivity contribution in [2.45, 2.75) is 25.1 Å². The molecular formula is C18H27F3N4O. The zero-order valence-corrected chi connectivity index (χ0v) is 15.2. The molecule has 1 aromatic rings. The number of pyridine rings is 1. The molecule has 3 rings (SSSR count). The highest BCUT2D eigenvalue weighted by molar-refractivity contribution is 5.48. The molecule has 26 heavy (non-hydrogen) atoms. The second kappa shape index (κ2) is 8.54. The van der Waals surface area contributed by atoms with E-state index in [2.05, 4.69) is 14.8 Å². The van der Waals surface area contributed by atoms with Crippen molar-refractivity contribution in [1.29, 1.82) is 0 Å². The zero-order valence-electron chi connectivity index (χ0n) is 15.2. The average molecular weight is 372 g/mol. The third-order valence-corrected chi connectivity index (χ3v) is 5.39. The molecule has 0 aliphatic carbocycles. The number of halogens is 3. The molecule has 2 aliphatic heterocycles. The maximum Gasteiger partial charge on any atom is 0.419 e. The highest BCUT2D eigenvalue weighted by Gasteiger charge is 2.36. The summed E-state index contributed by atoms with van der Waals surface area (Å²) in [5.41, 5.74) is -0.639. The summed E-state index contributed by atoms with van der Waals surface area (Å²) in [5.74, 6) is 0.0639. The van der Waals surface area contributed by atoms with Crippen LogP contribution < -0.4 is 4.90 Å². The van der Waals surface area contributed by atoms with Gasteiger partial charge in [-0.1, -0.05) is 0 Å². The third-order valence-electron chi connectivity index (χ3n) is 5.39. The Morgan fingerprint density at radius 1 is 1.12 bits per heavy atom. The van der Waals surface area contributed by atoms with Gasteiger partial charge in [0.25, 0.3) is 0 Å². The predicted octanol–water partition coefficient (Wildman–Crippen LogP) is 2.33. The van der Waals surface area contributed by atoms with Crippen LogP contribution in [-0.2, 0) is 10.9 Å². The minimum Gasteiger partial charge on any atom is -0.383 e. The van der Waals surface area contributed by atoms with Crippen LogP contribution in [0.15, 0.2) is 18.3 Å². The number of rotatable bonds is 5. The van der Waals surface area contributed by atoms with E-state index in [1.165, 1.54) is 12.3 Å². The summed E-state index contributed by atoms with van der Waals surface area (Å²) >= 11 is 0. The molecule has 0 radical (unpaired) electrons. The average Bonchev–Trinajstić information content (AvgIpc) is 2.66. The summed E-state index contributed by atoms with van der Waals surface area (Å²) in [6.07, 6.45) is -0.704. The van der Waals surface area contributed by atoms with Crippen LogP contribution in [0.3, 0.4) is 0 Å². The van der Waals surface area contributed by atoms with E-state index in [9.17, 15) is 13.2 Å². The molecule has 8 heteroatoms. The van der Waals surface area contributed by atoms with E-state index in [4.69, 9.17) is 4.74 Å². The van der Waals surface area contributed by atoms with Crippen LogP contribution >= 0.6 is 0 Å². The number of anilines is 1. The first kappa shape index (κ1) is 19.4. The van der Waals surface area contributed by atoms with E-state index in [0.29, 0.717) is 19.1 Å². The molecule has 2 saturated heterocycles. The van der Waals surface area contributed by atoms with Gasteiger partial charge in [0.15, 0.2) is 0 Å². The highest BCUT2D eigenvalue weighted by atomic mass is 19.4. The monoisotopic (exact) mass is 372 g/mol. The van der Waals surface area contributed by atoms with Crippen molar-refractivity contribution in [2.24, 2.45) is 0 Å². The van der Waals surface area contributed by atoms with Gasteiger partial charge < -0.3 is 14.5 Å². The molecule has 2 fully saturated rings. The summed E-state index contributed by atoms with van der Waals surface area (Å²) in [6.45, 7) is 6.60. The lowest BCUT2D eigenvalue weighted by atomic mass is 10.0. The fourth-order valence-electron chi connectivity index (χ4n) is 3.90. The molecular weight excluding hydrogens is 345 g/mol. The van der Waals surface area contributed by atoms with Gasteiger partial charge in [-0.05, 0) is 38.1 Å². The third kappa shape index (κ3) is 4.66. The van der Waals surface area contributed by atoms with Crippen LogP contribution in [0.2, 0.25) is 0 Å². The molecule has 0 N–H and O–H groups in total. The van der Waals surface area contributed by atoms with E-state index in [1.54, 1.807) is 12.0 Å². The quantitative estimate of drug-likeness (QED) is 0.792. The van der Waals surface area contributed by atoms with Gasteiger partial charge in [0.05, 0.1) is 12.2 Å². The maximum absolute atomic E-state index is 13.2. The van der Waals surface area contributed by atoms with Crippen molar-refractivity contribution in [1.82, 2.24) is 14.8 Å². The molecule has 0 bridgehead atoms. The van der Waals surface area contributed by atoms with Crippen molar-refractivity contribution in [3.05, 3.63) is 23.9 Å². The van der Waals surface area contributed by atoms with Gasteiger partial charge in [-0.3, -0.25) is 4.90 Å². The first-order chi connectivity index (χ1) is 12.5. The van der Waals surface area contributed by atoms with Gasteiger partial charge in [-0.15, -0.1) is 0 Å². The Labute approximate surface area is 152 Å². The number of hydrogen-bond acceptors (Lipinski definition) is 5. The number of likely N-dealkylation sites (tertiary alicyclic amines) is 1. The molecule has 0 saturated carbocycles. The zero-order chi connectivity index (χ0) is 18.6. The maximum atomic E-state index is 13.2. The van der Waals surface area contributed by atoms with E-state index in [0.717, 1.165) is 58.2 Å². The van der Waals surface area contributed by atoms with Crippen molar-refractivity contribution in [2.75, 3.05) is 64.4 Å². The molecule has 0 atom stereocenters. The standard InChI is InChI=1S/C18H27F3N4O/c1-26-14-13-23-7-4-15(5-8-23)24-9-11-25(12-10-24)17-16(18(19,20)21)3-2-6-22-17/h2-3,6,15H,4-5,7-14H2,1H3. The number of alkyl halides is 3. The SMILES string of the molecule is COCCN1CCC(N2CCN(c3ncccc3C(F)(F)F)CC2)CC1. The minimum atomic E-state index is -4.37. The normalized spacial score (nSPS) is 21.3. The largest absolute Gasteiger partial charge is 0.419 e. The summed E-state index contributed by atoms with van der Waals surface area (Å²) in [4.78, 5) is 10.6. The first-order valence-electron chi connectivity index (χ1n) is 9.21. The smallest absolute Gasteiger partial charge is 0.383 e. The number of piperidine rings is 1. The summed E-state index contributed by atoms with van der Waals surface area (Å²) in [6, 6.07) is 2.99. The number of piperazine rings is 1. The number of methoxy groups -OCH3 is 1. The Morgan fingerprint density at radius 2 is 1.81 bits per heavy atom. The minimum absolute atomic E-state index is 0.0639. The molecule has 0 amide bonds.